The van der Waals surface area contributed by atoms with Gasteiger partial charge in [-0.1, -0.05) is 58.6 Å². The summed E-state index contributed by atoms with van der Waals surface area (Å²) in [5.74, 6) is -0.295. The number of benzene rings is 1. The smallest absolute Gasteiger partial charge is 0.325 e. The first-order valence-corrected chi connectivity index (χ1v) is 9.80. The summed E-state index contributed by atoms with van der Waals surface area (Å²) in [6.45, 7) is 7.79. The van der Waals surface area contributed by atoms with E-state index in [9.17, 15) is 14.4 Å². The standard InChI is InChI=1S/C21H31N3O3/c1-5-6-7-8-13-21(4)19(26)24(20(27)23-21)14-18(25)22-17-11-9-16(10-12-17)15(2)3/h9-12,15H,5-8,13-14H2,1-4H3,(H,22,25)(H,23,27)/t21-/m0/s1. The number of hydrogen-bond donors (Lipinski definition) is 2. The lowest BCUT2D eigenvalue weighted by atomic mass is 9.94. The van der Waals surface area contributed by atoms with Crippen LogP contribution >= 0.6 is 0 Å². The Balaban J connectivity index is 1.92. The van der Waals surface area contributed by atoms with E-state index in [1.165, 1.54) is 5.56 Å². The summed E-state index contributed by atoms with van der Waals surface area (Å²) in [7, 11) is 0. The summed E-state index contributed by atoms with van der Waals surface area (Å²) in [5, 5.41) is 5.50. The number of unbranched alkanes of at least 4 members (excludes halogenated alkanes) is 3. The maximum absolute atomic E-state index is 12.7. The zero-order chi connectivity index (χ0) is 20.0. The molecule has 1 aromatic rings. The quantitative estimate of drug-likeness (QED) is 0.507. The van der Waals surface area contributed by atoms with Crippen LogP contribution in [0, 0.1) is 0 Å². The molecule has 0 radical (unpaired) electrons. The van der Waals surface area contributed by atoms with Gasteiger partial charge in [0, 0.05) is 5.69 Å². The summed E-state index contributed by atoms with van der Waals surface area (Å²) < 4.78 is 0. The average Bonchev–Trinajstić information content (AvgIpc) is 2.83. The van der Waals surface area contributed by atoms with Crippen molar-refractivity contribution in [3.63, 3.8) is 0 Å². The lowest BCUT2D eigenvalue weighted by molar-refractivity contribution is -0.133. The summed E-state index contributed by atoms with van der Waals surface area (Å²) in [5.41, 5.74) is 0.920. The van der Waals surface area contributed by atoms with Crippen molar-refractivity contribution in [1.29, 1.82) is 0 Å². The van der Waals surface area contributed by atoms with Gasteiger partial charge < -0.3 is 10.6 Å². The van der Waals surface area contributed by atoms with Crippen molar-refractivity contribution in [2.75, 3.05) is 11.9 Å². The van der Waals surface area contributed by atoms with Crippen molar-refractivity contribution >= 4 is 23.5 Å². The van der Waals surface area contributed by atoms with Crippen LogP contribution in [-0.4, -0.2) is 34.8 Å². The second-order valence-electron chi connectivity index (χ2n) is 7.79. The number of urea groups is 1. The summed E-state index contributed by atoms with van der Waals surface area (Å²) in [4.78, 5) is 38.2. The van der Waals surface area contributed by atoms with Gasteiger partial charge >= 0.3 is 6.03 Å². The Hall–Kier alpha value is -2.37. The van der Waals surface area contributed by atoms with Crippen molar-refractivity contribution < 1.29 is 14.4 Å². The van der Waals surface area contributed by atoms with E-state index in [4.69, 9.17) is 0 Å². The molecule has 1 atom stereocenters. The molecule has 1 aliphatic rings. The molecule has 1 fully saturated rings. The van der Waals surface area contributed by atoms with Crippen LogP contribution in [0.4, 0.5) is 10.5 Å². The Labute approximate surface area is 161 Å². The molecule has 0 spiro atoms. The van der Waals surface area contributed by atoms with Gasteiger partial charge in [0.05, 0.1) is 0 Å². The zero-order valence-electron chi connectivity index (χ0n) is 16.8. The van der Waals surface area contributed by atoms with Gasteiger partial charge in [0.15, 0.2) is 0 Å². The van der Waals surface area contributed by atoms with E-state index in [2.05, 4.69) is 31.4 Å². The van der Waals surface area contributed by atoms with Gasteiger partial charge in [-0.3, -0.25) is 14.5 Å². The van der Waals surface area contributed by atoms with Crippen molar-refractivity contribution in [2.24, 2.45) is 0 Å². The van der Waals surface area contributed by atoms with Crippen LogP contribution < -0.4 is 10.6 Å². The van der Waals surface area contributed by atoms with Crippen LogP contribution in [0.25, 0.3) is 0 Å². The van der Waals surface area contributed by atoms with Gasteiger partial charge in [-0.05, 0) is 37.0 Å². The topological polar surface area (TPSA) is 78.5 Å². The third kappa shape index (κ3) is 5.31. The number of carbonyl (C=O) groups is 3. The van der Waals surface area contributed by atoms with Crippen molar-refractivity contribution in [3.05, 3.63) is 29.8 Å². The number of nitrogens with zero attached hydrogens (tertiary/aromatic N) is 1. The molecule has 148 valence electrons. The van der Waals surface area contributed by atoms with Gasteiger partial charge in [-0.15, -0.1) is 0 Å². The fourth-order valence-electron chi connectivity index (χ4n) is 3.26. The number of rotatable bonds is 9. The first kappa shape index (κ1) is 20.9. The lowest BCUT2D eigenvalue weighted by Crippen LogP contribution is -2.44. The highest BCUT2D eigenvalue weighted by molar-refractivity contribution is 6.09. The predicted molar refractivity (Wildman–Crippen MR) is 107 cm³/mol. The molecule has 27 heavy (non-hydrogen) atoms. The van der Waals surface area contributed by atoms with Crippen LogP contribution in [0.15, 0.2) is 24.3 Å². The van der Waals surface area contributed by atoms with E-state index in [1.807, 2.05) is 24.3 Å². The van der Waals surface area contributed by atoms with Gasteiger partial charge in [0.1, 0.15) is 12.1 Å². The van der Waals surface area contributed by atoms with E-state index in [-0.39, 0.29) is 18.4 Å². The minimum absolute atomic E-state index is 0.277. The number of amides is 4. The maximum Gasteiger partial charge on any atom is 0.325 e. The molecule has 0 bridgehead atoms. The van der Waals surface area contributed by atoms with E-state index in [0.717, 1.165) is 30.6 Å². The first-order chi connectivity index (χ1) is 12.8. The molecular formula is C21H31N3O3. The second kappa shape index (κ2) is 9.02. The Kier molecular flexibility index (Phi) is 6.99. The van der Waals surface area contributed by atoms with Crippen molar-refractivity contribution in [1.82, 2.24) is 10.2 Å². The maximum atomic E-state index is 12.7. The first-order valence-electron chi connectivity index (χ1n) is 9.80. The Morgan fingerprint density at radius 3 is 2.41 bits per heavy atom. The van der Waals surface area contributed by atoms with Crippen LogP contribution in [0.5, 0.6) is 0 Å². The summed E-state index contributed by atoms with van der Waals surface area (Å²) >= 11 is 0. The molecule has 6 heteroatoms. The Morgan fingerprint density at radius 1 is 1.15 bits per heavy atom. The zero-order valence-corrected chi connectivity index (χ0v) is 16.8. The van der Waals surface area contributed by atoms with Gasteiger partial charge in [-0.2, -0.15) is 0 Å². The molecule has 2 rings (SSSR count). The third-order valence-corrected chi connectivity index (χ3v) is 5.04. The summed E-state index contributed by atoms with van der Waals surface area (Å²) in [6, 6.07) is 7.08. The minimum atomic E-state index is -0.913. The second-order valence-corrected chi connectivity index (χ2v) is 7.79. The molecule has 4 amide bonds. The normalized spacial score (nSPS) is 19.5. The molecule has 1 aromatic carbocycles. The third-order valence-electron chi connectivity index (χ3n) is 5.04. The Bertz CT molecular complexity index is 684. The molecule has 0 aromatic heterocycles. The highest BCUT2D eigenvalue weighted by Gasteiger charge is 2.47. The van der Waals surface area contributed by atoms with Crippen LogP contribution in [0.2, 0.25) is 0 Å². The highest BCUT2D eigenvalue weighted by atomic mass is 16.2. The highest BCUT2D eigenvalue weighted by Crippen LogP contribution is 2.24. The van der Waals surface area contributed by atoms with E-state index in [0.29, 0.717) is 18.0 Å². The van der Waals surface area contributed by atoms with E-state index >= 15 is 0 Å². The number of nitrogens with one attached hydrogen (secondary N) is 2. The van der Waals surface area contributed by atoms with Crippen LogP contribution in [-0.2, 0) is 9.59 Å². The van der Waals surface area contributed by atoms with E-state index in [1.54, 1.807) is 6.92 Å². The fourth-order valence-corrected chi connectivity index (χ4v) is 3.26. The molecule has 1 aliphatic heterocycles. The van der Waals surface area contributed by atoms with Crippen LogP contribution in [0.3, 0.4) is 0 Å². The molecule has 0 saturated carbocycles. The van der Waals surface area contributed by atoms with Gasteiger partial charge in [-0.25, -0.2) is 4.79 Å². The van der Waals surface area contributed by atoms with Gasteiger partial charge in [0.2, 0.25) is 5.91 Å². The lowest BCUT2D eigenvalue weighted by Gasteiger charge is -2.21. The molecule has 0 aliphatic carbocycles. The van der Waals surface area contributed by atoms with Crippen LogP contribution in [0.1, 0.15) is 71.3 Å². The molecule has 2 N–H and O–H groups in total. The fraction of sp³-hybridized carbons (Fsp3) is 0.571. The monoisotopic (exact) mass is 373 g/mol. The molecule has 6 nitrogen and oxygen atoms in total. The number of hydrogen-bond acceptors (Lipinski definition) is 3. The van der Waals surface area contributed by atoms with Gasteiger partial charge in [0.25, 0.3) is 5.91 Å². The molecular weight excluding hydrogens is 342 g/mol. The van der Waals surface area contributed by atoms with E-state index < -0.39 is 11.6 Å². The number of anilines is 1. The number of imide groups is 1. The molecule has 1 saturated heterocycles. The number of carbonyl (C=O) groups excluding carboxylic acids is 3. The summed E-state index contributed by atoms with van der Waals surface area (Å²) in [6.07, 6.45) is 4.72. The van der Waals surface area contributed by atoms with Crippen molar-refractivity contribution in [3.8, 4) is 0 Å². The molecule has 1 heterocycles. The van der Waals surface area contributed by atoms with Crippen molar-refractivity contribution in [2.45, 2.75) is 71.3 Å². The largest absolute Gasteiger partial charge is 0.325 e. The predicted octanol–water partition coefficient (Wildman–Crippen LogP) is 4.03. The minimum Gasteiger partial charge on any atom is -0.325 e. The SMILES string of the molecule is CCCCCC[C@]1(C)NC(=O)N(CC(=O)Nc2ccc(C(C)C)cc2)C1=O. The molecule has 0 unspecified atom stereocenters. The Morgan fingerprint density at radius 2 is 1.81 bits per heavy atom. The average molecular weight is 373 g/mol.